The summed E-state index contributed by atoms with van der Waals surface area (Å²) in [5.41, 5.74) is 0.0703. The maximum absolute atomic E-state index is 13.6. The molecular formula is C15H14F2N2OS. The summed E-state index contributed by atoms with van der Waals surface area (Å²) >= 11 is 1.23. The number of rotatable bonds is 1. The van der Waals surface area contributed by atoms with Crippen molar-refractivity contribution in [2.24, 2.45) is 4.99 Å². The zero-order valence-corrected chi connectivity index (χ0v) is 12.1. The molecule has 0 bridgehead atoms. The number of thioether (sulfide) groups is 1. The molecule has 2 aliphatic rings. The van der Waals surface area contributed by atoms with Crippen LogP contribution in [0.3, 0.4) is 0 Å². The SMILES string of the molecule is O=C1N=C(N2CCCCC2)SC1=Cc1cc(F)ccc1F. The number of hydrogen-bond acceptors (Lipinski definition) is 3. The molecule has 1 aromatic carbocycles. The lowest BCUT2D eigenvalue weighted by atomic mass is 10.1. The van der Waals surface area contributed by atoms with Gasteiger partial charge in [-0.05, 0) is 55.3 Å². The summed E-state index contributed by atoms with van der Waals surface area (Å²) in [6, 6.07) is 3.18. The number of carbonyl (C=O) groups is 1. The minimum atomic E-state index is -0.552. The number of carbonyl (C=O) groups excluding carboxylic acids is 1. The van der Waals surface area contributed by atoms with E-state index >= 15 is 0 Å². The number of likely N-dealkylation sites (tertiary alicyclic amines) is 1. The van der Waals surface area contributed by atoms with E-state index in [4.69, 9.17) is 0 Å². The van der Waals surface area contributed by atoms with Crippen LogP contribution in [0.15, 0.2) is 28.1 Å². The second-order valence-corrected chi connectivity index (χ2v) is 6.03. The first kappa shape index (κ1) is 14.3. The molecule has 0 saturated carbocycles. The lowest BCUT2D eigenvalue weighted by molar-refractivity contribution is -0.113. The summed E-state index contributed by atoms with van der Waals surface area (Å²) in [6.07, 6.45) is 4.74. The molecule has 0 spiro atoms. The van der Waals surface area contributed by atoms with Crippen molar-refractivity contribution in [1.29, 1.82) is 0 Å². The number of nitrogens with zero attached hydrogens (tertiary/aromatic N) is 2. The Labute approximate surface area is 125 Å². The van der Waals surface area contributed by atoms with Crippen LogP contribution in [0.25, 0.3) is 6.08 Å². The summed E-state index contributed by atoms with van der Waals surface area (Å²) in [5, 5.41) is 0.669. The molecule has 1 amide bonds. The number of amides is 1. The molecule has 0 radical (unpaired) electrons. The molecule has 2 aliphatic heterocycles. The highest BCUT2D eigenvalue weighted by Crippen LogP contribution is 2.31. The van der Waals surface area contributed by atoms with E-state index in [0.717, 1.165) is 44.1 Å². The van der Waals surface area contributed by atoms with Crippen molar-refractivity contribution in [3.05, 3.63) is 40.3 Å². The van der Waals surface area contributed by atoms with Gasteiger partial charge in [-0.25, -0.2) is 8.78 Å². The predicted molar refractivity (Wildman–Crippen MR) is 79.8 cm³/mol. The third kappa shape index (κ3) is 3.15. The van der Waals surface area contributed by atoms with Crippen LogP contribution in [0.2, 0.25) is 0 Å². The summed E-state index contributed by atoms with van der Waals surface area (Å²) < 4.78 is 26.8. The van der Waals surface area contributed by atoms with Crippen LogP contribution in [-0.4, -0.2) is 29.1 Å². The van der Waals surface area contributed by atoms with Crippen molar-refractivity contribution in [3.63, 3.8) is 0 Å². The van der Waals surface area contributed by atoms with Crippen molar-refractivity contribution in [3.8, 4) is 0 Å². The van der Waals surface area contributed by atoms with Gasteiger partial charge < -0.3 is 4.90 Å². The predicted octanol–water partition coefficient (Wildman–Crippen LogP) is 3.42. The first-order valence-corrected chi connectivity index (χ1v) is 7.68. The van der Waals surface area contributed by atoms with Crippen molar-refractivity contribution in [2.75, 3.05) is 13.1 Å². The van der Waals surface area contributed by atoms with Crippen LogP contribution in [0.5, 0.6) is 0 Å². The molecule has 6 heteroatoms. The normalized spacial score (nSPS) is 21.0. The van der Waals surface area contributed by atoms with Crippen LogP contribution in [0, 0.1) is 11.6 Å². The van der Waals surface area contributed by atoms with Crippen molar-refractivity contribution in [2.45, 2.75) is 19.3 Å². The molecule has 0 unspecified atom stereocenters. The molecule has 0 atom stereocenters. The van der Waals surface area contributed by atoms with Crippen LogP contribution < -0.4 is 0 Å². The maximum Gasteiger partial charge on any atom is 0.286 e. The molecule has 1 fully saturated rings. The summed E-state index contributed by atoms with van der Waals surface area (Å²) in [7, 11) is 0. The van der Waals surface area contributed by atoms with E-state index in [1.165, 1.54) is 24.3 Å². The van der Waals surface area contributed by atoms with Crippen molar-refractivity contribution in [1.82, 2.24) is 4.90 Å². The average Bonchev–Trinajstić information content (AvgIpc) is 2.85. The Morgan fingerprint density at radius 3 is 2.71 bits per heavy atom. The number of amidine groups is 1. The van der Waals surface area contributed by atoms with E-state index in [9.17, 15) is 13.6 Å². The van der Waals surface area contributed by atoms with Gasteiger partial charge in [-0.2, -0.15) is 4.99 Å². The minimum absolute atomic E-state index is 0.0703. The molecule has 1 aromatic rings. The van der Waals surface area contributed by atoms with Crippen molar-refractivity contribution >= 4 is 28.9 Å². The van der Waals surface area contributed by atoms with E-state index in [0.29, 0.717) is 10.1 Å². The lowest BCUT2D eigenvalue weighted by Crippen LogP contribution is -2.33. The van der Waals surface area contributed by atoms with Crippen LogP contribution >= 0.6 is 11.8 Å². The molecule has 0 aromatic heterocycles. The van der Waals surface area contributed by atoms with Crippen LogP contribution in [0.1, 0.15) is 24.8 Å². The maximum atomic E-state index is 13.6. The largest absolute Gasteiger partial charge is 0.351 e. The molecule has 0 aliphatic carbocycles. The van der Waals surface area contributed by atoms with Gasteiger partial charge in [-0.15, -0.1) is 0 Å². The highest BCUT2D eigenvalue weighted by atomic mass is 32.2. The number of hydrogen-bond donors (Lipinski definition) is 0. The molecule has 21 heavy (non-hydrogen) atoms. The molecule has 3 rings (SSSR count). The van der Waals surface area contributed by atoms with E-state index < -0.39 is 11.6 Å². The van der Waals surface area contributed by atoms with Gasteiger partial charge in [-0.1, -0.05) is 0 Å². The Kier molecular flexibility index (Phi) is 4.05. The zero-order chi connectivity index (χ0) is 14.8. The first-order valence-electron chi connectivity index (χ1n) is 6.86. The third-order valence-corrected chi connectivity index (χ3v) is 4.52. The van der Waals surface area contributed by atoms with Gasteiger partial charge in [0.2, 0.25) is 0 Å². The summed E-state index contributed by atoms with van der Waals surface area (Å²) in [6.45, 7) is 1.78. The molecule has 3 nitrogen and oxygen atoms in total. The number of aliphatic imine (C=N–C) groups is 1. The van der Waals surface area contributed by atoms with Gasteiger partial charge in [0.25, 0.3) is 5.91 Å². The van der Waals surface area contributed by atoms with E-state index in [2.05, 4.69) is 9.89 Å². The van der Waals surface area contributed by atoms with Crippen LogP contribution in [-0.2, 0) is 4.79 Å². The second kappa shape index (κ2) is 5.97. The Morgan fingerprint density at radius 1 is 1.19 bits per heavy atom. The number of halogens is 2. The van der Waals surface area contributed by atoms with E-state index in [1.807, 2.05) is 0 Å². The quantitative estimate of drug-likeness (QED) is 0.745. The fourth-order valence-electron chi connectivity index (χ4n) is 2.38. The van der Waals surface area contributed by atoms with Crippen LogP contribution in [0.4, 0.5) is 8.78 Å². The van der Waals surface area contributed by atoms with Gasteiger partial charge in [0.1, 0.15) is 11.6 Å². The van der Waals surface area contributed by atoms with Gasteiger partial charge in [0, 0.05) is 18.7 Å². The average molecular weight is 308 g/mol. The van der Waals surface area contributed by atoms with E-state index in [1.54, 1.807) is 0 Å². The number of piperidine rings is 1. The van der Waals surface area contributed by atoms with E-state index in [-0.39, 0.29) is 11.5 Å². The summed E-state index contributed by atoms with van der Waals surface area (Å²) in [5.74, 6) is -1.47. The Hall–Kier alpha value is -1.69. The zero-order valence-electron chi connectivity index (χ0n) is 11.3. The fraction of sp³-hybridized carbons (Fsp3) is 0.333. The fourth-order valence-corrected chi connectivity index (χ4v) is 3.34. The van der Waals surface area contributed by atoms with Gasteiger partial charge >= 0.3 is 0 Å². The van der Waals surface area contributed by atoms with Gasteiger partial charge in [0.15, 0.2) is 5.17 Å². The smallest absolute Gasteiger partial charge is 0.286 e. The topological polar surface area (TPSA) is 32.7 Å². The Morgan fingerprint density at radius 2 is 1.95 bits per heavy atom. The Balaban J connectivity index is 1.80. The third-order valence-electron chi connectivity index (χ3n) is 3.48. The minimum Gasteiger partial charge on any atom is -0.351 e. The summed E-state index contributed by atoms with van der Waals surface area (Å²) in [4.78, 5) is 18.3. The monoisotopic (exact) mass is 308 g/mol. The van der Waals surface area contributed by atoms with Gasteiger partial charge in [0.05, 0.1) is 4.91 Å². The molecule has 0 N–H and O–H groups in total. The molecule has 2 heterocycles. The highest BCUT2D eigenvalue weighted by molar-refractivity contribution is 8.18. The molecular weight excluding hydrogens is 294 g/mol. The molecule has 1 saturated heterocycles. The first-order chi connectivity index (χ1) is 10.1. The molecule has 110 valence electrons. The van der Waals surface area contributed by atoms with Crippen molar-refractivity contribution < 1.29 is 13.6 Å². The Bertz CT molecular complexity index is 637. The second-order valence-electron chi connectivity index (χ2n) is 5.02. The van der Waals surface area contributed by atoms with Gasteiger partial charge in [-0.3, -0.25) is 4.79 Å². The highest BCUT2D eigenvalue weighted by Gasteiger charge is 2.27. The lowest BCUT2D eigenvalue weighted by Gasteiger charge is -2.27. The standard InChI is InChI=1S/C15H14F2N2OS/c16-11-4-5-12(17)10(8-11)9-13-14(20)18-15(21-13)19-6-2-1-3-7-19/h4-5,8-9H,1-3,6-7H2. The number of benzene rings is 1.